The molecule has 0 saturated carbocycles. The molecule has 1 amide bonds. The maximum atomic E-state index is 14.3. The van der Waals surface area contributed by atoms with Crippen molar-refractivity contribution in [1.29, 1.82) is 0 Å². The van der Waals surface area contributed by atoms with Crippen LogP contribution in [0.3, 0.4) is 0 Å². The van der Waals surface area contributed by atoms with Crippen LogP contribution in [-0.4, -0.2) is 67.0 Å². The van der Waals surface area contributed by atoms with Crippen molar-refractivity contribution in [3.05, 3.63) is 70.3 Å². The van der Waals surface area contributed by atoms with Gasteiger partial charge in [0, 0.05) is 49.9 Å². The number of benzene rings is 1. The van der Waals surface area contributed by atoms with E-state index in [1.54, 1.807) is 17.2 Å². The van der Waals surface area contributed by atoms with Crippen LogP contribution in [0.1, 0.15) is 16.1 Å². The first-order valence-corrected chi connectivity index (χ1v) is 11.8. The summed E-state index contributed by atoms with van der Waals surface area (Å²) in [6.07, 6.45) is 3.19. The van der Waals surface area contributed by atoms with Crippen molar-refractivity contribution in [2.75, 3.05) is 31.5 Å². The molecular weight excluding hydrogens is 479 g/mol. The molecule has 0 unspecified atom stereocenters. The van der Waals surface area contributed by atoms with Crippen molar-refractivity contribution in [3.63, 3.8) is 0 Å². The number of aromatic nitrogens is 5. The third kappa shape index (κ3) is 4.91. The summed E-state index contributed by atoms with van der Waals surface area (Å²) in [6, 6.07) is 8.34. The quantitative estimate of drug-likeness (QED) is 0.416. The van der Waals surface area contributed by atoms with Gasteiger partial charge in [-0.1, -0.05) is 17.7 Å². The number of piperazine rings is 1. The van der Waals surface area contributed by atoms with Crippen LogP contribution in [0.15, 0.2) is 48.2 Å². The lowest BCUT2D eigenvalue weighted by Crippen LogP contribution is -2.48. The lowest BCUT2D eigenvalue weighted by atomic mass is 10.1. The number of rotatable bonds is 6. The average molecular weight is 499 g/mol. The minimum atomic E-state index is -0.676. The lowest BCUT2D eigenvalue weighted by molar-refractivity contribution is 0.0622. The summed E-state index contributed by atoms with van der Waals surface area (Å²) in [7, 11) is 0. The highest BCUT2D eigenvalue weighted by atomic mass is 35.5. The summed E-state index contributed by atoms with van der Waals surface area (Å²) in [5.74, 6) is 0.277. The molecule has 1 aliphatic rings. The highest BCUT2D eigenvalue weighted by Gasteiger charge is 2.25. The molecule has 1 saturated heterocycles. The Kier molecular flexibility index (Phi) is 6.48. The van der Waals surface area contributed by atoms with Gasteiger partial charge >= 0.3 is 0 Å². The molecule has 0 radical (unpaired) electrons. The number of pyridine rings is 1. The van der Waals surface area contributed by atoms with E-state index in [1.165, 1.54) is 29.8 Å². The number of amides is 1. The maximum Gasteiger partial charge on any atom is 0.256 e. The zero-order chi connectivity index (χ0) is 23.5. The molecule has 0 atom stereocenters. The third-order valence-corrected chi connectivity index (χ3v) is 6.44. The highest BCUT2D eigenvalue weighted by molar-refractivity contribution is 7.13. The van der Waals surface area contributed by atoms with E-state index >= 15 is 0 Å². The summed E-state index contributed by atoms with van der Waals surface area (Å²) in [6.45, 7) is 2.82. The van der Waals surface area contributed by atoms with E-state index in [9.17, 15) is 9.18 Å². The van der Waals surface area contributed by atoms with Crippen LogP contribution in [-0.2, 0) is 6.54 Å². The number of hydrogen-bond acceptors (Lipinski definition) is 8. The number of carbonyl (C=O) groups excluding carboxylic acids is 1. The number of thiazole rings is 1. The van der Waals surface area contributed by atoms with Gasteiger partial charge in [0.05, 0.1) is 16.3 Å². The van der Waals surface area contributed by atoms with Gasteiger partial charge in [-0.25, -0.2) is 19.3 Å². The van der Waals surface area contributed by atoms with Crippen molar-refractivity contribution in [2.24, 2.45) is 0 Å². The van der Waals surface area contributed by atoms with E-state index < -0.39 is 5.82 Å². The molecule has 1 aliphatic heterocycles. The van der Waals surface area contributed by atoms with Gasteiger partial charge in [0.15, 0.2) is 16.8 Å². The highest BCUT2D eigenvalue weighted by Crippen LogP contribution is 2.24. The molecule has 0 aliphatic carbocycles. The molecule has 12 heteroatoms. The topological polar surface area (TPSA) is 103 Å². The van der Waals surface area contributed by atoms with E-state index in [1.807, 2.05) is 17.5 Å². The van der Waals surface area contributed by atoms with Gasteiger partial charge in [-0.05, 0) is 24.3 Å². The van der Waals surface area contributed by atoms with Gasteiger partial charge in [0.1, 0.15) is 12.1 Å². The number of halogens is 2. The SMILES string of the molecule is O=C(c1cccc(Cl)c1F)N1CCN(Cc2cc(-c3ncn[nH]3)cc(Nc3nccs3)n2)CC1. The van der Waals surface area contributed by atoms with Gasteiger partial charge in [-0.15, -0.1) is 11.3 Å². The Bertz CT molecular complexity index is 1280. The molecule has 3 aromatic heterocycles. The van der Waals surface area contributed by atoms with E-state index in [-0.39, 0.29) is 16.5 Å². The minimum absolute atomic E-state index is 0.000257. The van der Waals surface area contributed by atoms with Gasteiger partial charge in [-0.3, -0.25) is 14.8 Å². The first-order chi connectivity index (χ1) is 16.6. The summed E-state index contributed by atoms with van der Waals surface area (Å²) in [4.78, 5) is 29.9. The average Bonchev–Trinajstić information content (AvgIpc) is 3.56. The predicted molar refractivity (Wildman–Crippen MR) is 128 cm³/mol. The fourth-order valence-electron chi connectivity index (χ4n) is 3.79. The third-order valence-electron chi connectivity index (χ3n) is 5.46. The van der Waals surface area contributed by atoms with Gasteiger partial charge in [0.2, 0.25) is 0 Å². The summed E-state index contributed by atoms with van der Waals surface area (Å²) in [5.41, 5.74) is 1.70. The number of anilines is 2. The molecule has 4 heterocycles. The van der Waals surface area contributed by atoms with Crippen LogP contribution >= 0.6 is 22.9 Å². The Balaban J connectivity index is 1.28. The molecule has 4 aromatic rings. The number of H-pyrrole nitrogens is 1. The monoisotopic (exact) mass is 498 g/mol. The zero-order valence-corrected chi connectivity index (χ0v) is 19.5. The second kappa shape index (κ2) is 9.84. The molecule has 2 N–H and O–H groups in total. The van der Waals surface area contributed by atoms with Crippen LogP contribution in [0.5, 0.6) is 0 Å². The number of nitrogens with zero attached hydrogens (tertiary/aromatic N) is 6. The van der Waals surface area contributed by atoms with Crippen LogP contribution in [0.25, 0.3) is 11.4 Å². The number of carbonyl (C=O) groups is 1. The van der Waals surface area contributed by atoms with Crippen LogP contribution in [0.4, 0.5) is 15.3 Å². The molecule has 0 spiro atoms. The Labute approximate surface area is 203 Å². The summed E-state index contributed by atoms with van der Waals surface area (Å²) < 4.78 is 14.3. The van der Waals surface area contributed by atoms with E-state index in [4.69, 9.17) is 16.6 Å². The first-order valence-electron chi connectivity index (χ1n) is 10.6. The second-order valence-corrected chi connectivity index (χ2v) is 9.00. The number of hydrogen-bond donors (Lipinski definition) is 2. The van der Waals surface area contributed by atoms with E-state index in [2.05, 4.69) is 30.4 Å². The van der Waals surface area contributed by atoms with E-state index in [0.717, 1.165) is 16.4 Å². The Morgan fingerprint density at radius 3 is 2.79 bits per heavy atom. The molecule has 174 valence electrons. The first kappa shape index (κ1) is 22.4. The van der Waals surface area contributed by atoms with Crippen LogP contribution in [0, 0.1) is 5.82 Å². The van der Waals surface area contributed by atoms with Crippen molar-refractivity contribution < 1.29 is 9.18 Å². The van der Waals surface area contributed by atoms with Crippen molar-refractivity contribution in [2.45, 2.75) is 6.54 Å². The largest absolute Gasteiger partial charge is 0.336 e. The van der Waals surface area contributed by atoms with Crippen molar-refractivity contribution in [3.8, 4) is 11.4 Å². The molecule has 1 fully saturated rings. The Morgan fingerprint density at radius 1 is 1.21 bits per heavy atom. The fourth-order valence-corrected chi connectivity index (χ4v) is 4.50. The van der Waals surface area contributed by atoms with Crippen molar-refractivity contribution >= 4 is 39.8 Å². The molecule has 5 rings (SSSR count). The van der Waals surface area contributed by atoms with Gasteiger partial charge in [-0.2, -0.15) is 5.10 Å². The predicted octanol–water partition coefficient (Wildman–Crippen LogP) is 3.82. The molecule has 9 nitrogen and oxygen atoms in total. The normalized spacial score (nSPS) is 14.4. The molecule has 1 aromatic carbocycles. The van der Waals surface area contributed by atoms with Gasteiger partial charge < -0.3 is 10.2 Å². The zero-order valence-electron chi connectivity index (χ0n) is 17.9. The van der Waals surface area contributed by atoms with Crippen molar-refractivity contribution in [1.82, 2.24) is 34.9 Å². The standard InChI is InChI=1S/C22H20ClFN8OS/c23-17-3-1-2-16(19(17)24)21(33)32-7-5-31(6-8-32)12-15-10-14(20-26-13-27-30-20)11-18(28-15)29-22-25-4-9-34-22/h1-4,9-11,13H,5-8,12H2,(H,25,28,29)(H,26,27,30). The Hall–Kier alpha value is -3.41. The summed E-state index contributed by atoms with van der Waals surface area (Å²) >= 11 is 7.32. The maximum absolute atomic E-state index is 14.3. The fraction of sp³-hybridized carbons (Fsp3) is 0.227. The van der Waals surface area contributed by atoms with Gasteiger partial charge in [0.25, 0.3) is 5.91 Å². The lowest BCUT2D eigenvalue weighted by Gasteiger charge is -2.34. The molecule has 0 bridgehead atoms. The van der Waals surface area contributed by atoms with Crippen LogP contribution < -0.4 is 5.32 Å². The van der Waals surface area contributed by atoms with Crippen LogP contribution in [0.2, 0.25) is 5.02 Å². The summed E-state index contributed by atoms with van der Waals surface area (Å²) in [5, 5.41) is 12.6. The number of nitrogens with one attached hydrogen (secondary N) is 2. The minimum Gasteiger partial charge on any atom is -0.336 e. The molecular formula is C22H20ClFN8OS. The Morgan fingerprint density at radius 2 is 2.06 bits per heavy atom. The number of aromatic amines is 1. The van der Waals surface area contributed by atoms with E-state index in [0.29, 0.717) is 44.4 Å². The second-order valence-electron chi connectivity index (χ2n) is 7.70. The molecule has 34 heavy (non-hydrogen) atoms. The smallest absolute Gasteiger partial charge is 0.256 e.